The fourth-order valence-electron chi connectivity index (χ4n) is 2.39. The summed E-state index contributed by atoms with van der Waals surface area (Å²) in [6, 6.07) is 12.5. The lowest BCUT2D eigenvalue weighted by atomic mass is 10.1. The maximum absolute atomic E-state index is 12.4. The summed E-state index contributed by atoms with van der Waals surface area (Å²) in [6.45, 7) is 0. The second-order valence-corrected chi connectivity index (χ2v) is 7.10. The molecule has 0 spiro atoms. The third-order valence-electron chi connectivity index (χ3n) is 3.68. The van der Waals surface area contributed by atoms with Gasteiger partial charge < -0.3 is 9.72 Å². The van der Waals surface area contributed by atoms with Gasteiger partial charge in [-0.15, -0.1) is 0 Å². The fourth-order valence-corrected chi connectivity index (χ4v) is 3.73. The molecule has 0 fully saturated rings. The van der Waals surface area contributed by atoms with E-state index in [4.69, 9.17) is 4.74 Å². The van der Waals surface area contributed by atoms with Crippen LogP contribution in [0.5, 0.6) is 5.75 Å². The topological polar surface area (TPSA) is 59.2 Å². The van der Waals surface area contributed by atoms with Gasteiger partial charge in [-0.2, -0.15) is 0 Å². The van der Waals surface area contributed by atoms with E-state index in [0.29, 0.717) is 5.52 Å². The lowest BCUT2D eigenvalue weighted by Crippen LogP contribution is -2.16. The first kappa shape index (κ1) is 17.6. The van der Waals surface area contributed by atoms with Crippen molar-refractivity contribution in [3.05, 3.63) is 79.0 Å². The standard InChI is InChI=1S/C19H13Br2NO3/c1-25-13-5-2-11(3-6-13)4-7-18(23)15-10-14-16(21)8-12(20)9-17(14)22-19(15)24/h2-10H,1H3,(H,22,24)/b7-4-. The summed E-state index contributed by atoms with van der Waals surface area (Å²) >= 11 is 6.83. The minimum Gasteiger partial charge on any atom is -0.497 e. The molecule has 1 heterocycles. The summed E-state index contributed by atoms with van der Waals surface area (Å²) in [6.07, 6.45) is 3.06. The minimum atomic E-state index is -0.415. The van der Waals surface area contributed by atoms with E-state index < -0.39 is 5.56 Å². The number of H-pyrrole nitrogens is 1. The van der Waals surface area contributed by atoms with Crippen LogP contribution in [-0.2, 0) is 0 Å². The van der Waals surface area contributed by atoms with Gasteiger partial charge in [-0.05, 0) is 42.0 Å². The average molecular weight is 463 g/mol. The van der Waals surface area contributed by atoms with E-state index in [0.717, 1.165) is 25.6 Å². The van der Waals surface area contributed by atoms with E-state index in [9.17, 15) is 9.59 Å². The molecule has 0 aliphatic heterocycles. The van der Waals surface area contributed by atoms with Gasteiger partial charge in [-0.1, -0.05) is 50.1 Å². The van der Waals surface area contributed by atoms with Crippen LogP contribution in [0.4, 0.5) is 0 Å². The molecule has 126 valence electrons. The highest BCUT2D eigenvalue weighted by Gasteiger charge is 2.11. The zero-order valence-electron chi connectivity index (χ0n) is 13.2. The highest BCUT2D eigenvalue weighted by atomic mass is 79.9. The zero-order valence-corrected chi connectivity index (χ0v) is 16.3. The first-order valence-corrected chi connectivity index (χ1v) is 8.95. The number of ketones is 1. The Balaban J connectivity index is 1.94. The maximum Gasteiger partial charge on any atom is 0.259 e. The second kappa shape index (κ2) is 7.37. The number of aromatic nitrogens is 1. The number of hydrogen-bond donors (Lipinski definition) is 1. The number of aromatic amines is 1. The second-order valence-electron chi connectivity index (χ2n) is 5.33. The number of halogens is 2. The summed E-state index contributed by atoms with van der Waals surface area (Å²) in [5.74, 6) is 0.388. The summed E-state index contributed by atoms with van der Waals surface area (Å²) in [7, 11) is 1.59. The molecule has 0 radical (unpaired) electrons. The molecule has 3 aromatic rings. The van der Waals surface area contributed by atoms with Crippen LogP contribution in [0.25, 0.3) is 17.0 Å². The lowest BCUT2D eigenvalue weighted by Gasteiger charge is -2.04. The van der Waals surface area contributed by atoms with Gasteiger partial charge in [0.2, 0.25) is 0 Å². The Kier molecular flexibility index (Phi) is 5.20. The van der Waals surface area contributed by atoms with Crippen molar-refractivity contribution in [1.82, 2.24) is 4.98 Å². The summed E-state index contributed by atoms with van der Waals surface area (Å²) in [5.41, 5.74) is 1.18. The van der Waals surface area contributed by atoms with E-state index in [-0.39, 0.29) is 11.3 Å². The number of ether oxygens (including phenoxy) is 1. The molecule has 0 unspecified atom stereocenters. The van der Waals surface area contributed by atoms with Crippen molar-refractivity contribution < 1.29 is 9.53 Å². The largest absolute Gasteiger partial charge is 0.497 e. The quantitative estimate of drug-likeness (QED) is 0.440. The molecular weight excluding hydrogens is 450 g/mol. The number of pyridine rings is 1. The number of carbonyl (C=O) groups excluding carboxylic acids is 1. The molecule has 0 aliphatic carbocycles. The number of carbonyl (C=O) groups is 1. The third kappa shape index (κ3) is 3.91. The SMILES string of the molecule is COc1ccc(/C=C\C(=O)c2cc3c(Br)cc(Br)cc3[nH]c2=O)cc1. The molecule has 3 rings (SSSR count). The summed E-state index contributed by atoms with van der Waals surface area (Å²) < 4.78 is 6.72. The van der Waals surface area contributed by atoms with Crippen LogP contribution in [0.3, 0.4) is 0 Å². The molecule has 25 heavy (non-hydrogen) atoms. The van der Waals surface area contributed by atoms with Gasteiger partial charge in [0.05, 0.1) is 18.2 Å². The number of fused-ring (bicyclic) bond motifs is 1. The molecule has 6 heteroatoms. The molecule has 0 amide bonds. The minimum absolute atomic E-state index is 0.0975. The van der Waals surface area contributed by atoms with Gasteiger partial charge in [0.15, 0.2) is 5.78 Å². The first-order chi connectivity index (χ1) is 12.0. The van der Waals surface area contributed by atoms with E-state index in [1.54, 1.807) is 25.3 Å². The Labute approximate surface area is 160 Å². The van der Waals surface area contributed by atoms with Gasteiger partial charge >= 0.3 is 0 Å². The normalized spacial score (nSPS) is 11.2. The first-order valence-electron chi connectivity index (χ1n) is 7.36. The van der Waals surface area contributed by atoms with Crippen LogP contribution in [0, 0.1) is 0 Å². The molecule has 4 nitrogen and oxygen atoms in total. The predicted octanol–water partition coefficient (Wildman–Crippen LogP) is 4.96. The van der Waals surface area contributed by atoms with Crippen molar-refractivity contribution in [2.45, 2.75) is 0 Å². The average Bonchev–Trinajstić information content (AvgIpc) is 2.59. The van der Waals surface area contributed by atoms with Crippen molar-refractivity contribution in [3.8, 4) is 5.75 Å². The molecular formula is C19H13Br2NO3. The van der Waals surface area contributed by atoms with Crippen molar-refractivity contribution in [1.29, 1.82) is 0 Å². The Hall–Kier alpha value is -2.18. The van der Waals surface area contributed by atoms with Crippen molar-refractivity contribution in [3.63, 3.8) is 0 Å². The van der Waals surface area contributed by atoms with Gasteiger partial charge in [0, 0.05) is 14.3 Å². The number of nitrogens with one attached hydrogen (secondary N) is 1. The lowest BCUT2D eigenvalue weighted by molar-refractivity contribution is 0.104. The van der Waals surface area contributed by atoms with E-state index in [2.05, 4.69) is 36.8 Å². The Bertz CT molecular complexity index is 1040. The molecule has 0 bridgehead atoms. The van der Waals surface area contributed by atoms with E-state index in [1.165, 1.54) is 6.08 Å². The van der Waals surface area contributed by atoms with E-state index >= 15 is 0 Å². The highest BCUT2D eigenvalue weighted by molar-refractivity contribution is 9.11. The molecule has 0 atom stereocenters. The Morgan fingerprint density at radius 1 is 1.12 bits per heavy atom. The highest BCUT2D eigenvalue weighted by Crippen LogP contribution is 2.27. The van der Waals surface area contributed by atoms with Crippen LogP contribution >= 0.6 is 31.9 Å². The molecule has 1 N–H and O–H groups in total. The summed E-state index contributed by atoms with van der Waals surface area (Å²) in [4.78, 5) is 27.4. The molecule has 2 aromatic carbocycles. The number of hydrogen-bond acceptors (Lipinski definition) is 3. The van der Waals surface area contributed by atoms with Gasteiger partial charge in [-0.3, -0.25) is 9.59 Å². The van der Waals surface area contributed by atoms with Crippen LogP contribution < -0.4 is 10.3 Å². The molecule has 0 saturated heterocycles. The third-order valence-corrected chi connectivity index (χ3v) is 4.80. The molecule has 0 saturated carbocycles. The monoisotopic (exact) mass is 461 g/mol. The zero-order chi connectivity index (χ0) is 18.0. The van der Waals surface area contributed by atoms with E-state index in [1.807, 2.05) is 30.3 Å². The Morgan fingerprint density at radius 2 is 1.84 bits per heavy atom. The molecule has 0 aliphatic rings. The van der Waals surface area contributed by atoms with Gasteiger partial charge in [-0.25, -0.2) is 0 Å². The van der Waals surface area contributed by atoms with Crippen LogP contribution in [0.1, 0.15) is 15.9 Å². The number of allylic oxidation sites excluding steroid dienone is 1. The summed E-state index contributed by atoms with van der Waals surface area (Å²) in [5, 5.41) is 0.768. The number of benzene rings is 2. The number of methoxy groups -OCH3 is 1. The van der Waals surface area contributed by atoms with Crippen LogP contribution in [0.15, 0.2) is 62.3 Å². The smallest absolute Gasteiger partial charge is 0.259 e. The molecule has 1 aromatic heterocycles. The Morgan fingerprint density at radius 3 is 2.52 bits per heavy atom. The number of rotatable bonds is 4. The van der Waals surface area contributed by atoms with Crippen molar-refractivity contribution in [2.75, 3.05) is 7.11 Å². The maximum atomic E-state index is 12.4. The van der Waals surface area contributed by atoms with Crippen LogP contribution in [0.2, 0.25) is 0 Å². The van der Waals surface area contributed by atoms with Crippen molar-refractivity contribution >= 4 is 54.6 Å². The van der Waals surface area contributed by atoms with Gasteiger partial charge in [0.25, 0.3) is 5.56 Å². The van der Waals surface area contributed by atoms with Crippen molar-refractivity contribution in [2.24, 2.45) is 0 Å². The van der Waals surface area contributed by atoms with Gasteiger partial charge in [0.1, 0.15) is 5.75 Å². The fraction of sp³-hybridized carbons (Fsp3) is 0.0526. The predicted molar refractivity (Wildman–Crippen MR) is 106 cm³/mol. The van der Waals surface area contributed by atoms with Crippen LogP contribution in [-0.4, -0.2) is 17.9 Å².